The van der Waals surface area contributed by atoms with Crippen LogP contribution in [0.15, 0.2) is 29.2 Å². The Labute approximate surface area is 133 Å². The molecule has 0 saturated carbocycles. The number of hydrogen-bond acceptors (Lipinski definition) is 4. The van der Waals surface area contributed by atoms with Crippen LogP contribution < -0.4 is 0 Å². The highest BCUT2D eigenvalue weighted by Gasteiger charge is 2.70. The minimum absolute atomic E-state index is 0.188. The normalized spacial score (nSPS) is 26.2. The molecule has 0 unspecified atom stereocenters. The molecule has 5 heteroatoms. The van der Waals surface area contributed by atoms with E-state index in [1.165, 1.54) is 0 Å². The fourth-order valence-electron chi connectivity index (χ4n) is 2.86. The standard InChI is InChI=1S/C17H26O4S/c1-5-6-7-15-17(21-15,16(18)12(2)3)22(19,20)14-10-8-13(4)9-11-14/h8-12,15-16,18H,5-7H2,1-4H3/t15-,16-,17+/m0/s1. The summed E-state index contributed by atoms with van der Waals surface area (Å²) in [6.45, 7) is 7.59. The Bertz CT molecular complexity index is 606. The molecule has 0 aliphatic carbocycles. The number of epoxide rings is 1. The van der Waals surface area contributed by atoms with Crippen LogP contribution in [-0.2, 0) is 14.6 Å². The number of aliphatic hydroxyl groups is 1. The molecule has 1 N–H and O–H groups in total. The third kappa shape index (κ3) is 2.82. The van der Waals surface area contributed by atoms with Gasteiger partial charge < -0.3 is 9.84 Å². The van der Waals surface area contributed by atoms with Crippen molar-refractivity contribution in [3.8, 4) is 0 Å². The molecule has 4 nitrogen and oxygen atoms in total. The molecule has 0 aromatic heterocycles. The molecule has 2 rings (SSSR count). The van der Waals surface area contributed by atoms with E-state index < -0.39 is 27.0 Å². The fraction of sp³-hybridized carbons (Fsp3) is 0.647. The van der Waals surface area contributed by atoms with E-state index in [0.717, 1.165) is 18.4 Å². The van der Waals surface area contributed by atoms with Crippen LogP contribution in [0.2, 0.25) is 0 Å². The molecule has 1 aromatic rings. The van der Waals surface area contributed by atoms with Crippen molar-refractivity contribution in [3.63, 3.8) is 0 Å². The maximum Gasteiger partial charge on any atom is 0.226 e. The molecule has 0 radical (unpaired) electrons. The molecular formula is C17H26O4S. The van der Waals surface area contributed by atoms with E-state index in [2.05, 4.69) is 6.92 Å². The van der Waals surface area contributed by atoms with Crippen LogP contribution in [0.3, 0.4) is 0 Å². The largest absolute Gasteiger partial charge is 0.389 e. The van der Waals surface area contributed by atoms with Gasteiger partial charge in [0, 0.05) is 0 Å². The van der Waals surface area contributed by atoms with Crippen molar-refractivity contribution in [3.05, 3.63) is 29.8 Å². The van der Waals surface area contributed by atoms with Crippen LogP contribution in [0, 0.1) is 12.8 Å². The molecule has 22 heavy (non-hydrogen) atoms. The number of aryl methyl sites for hydroxylation is 1. The van der Waals surface area contributed by atoms with Gasteiger partial charge in [-0.15, -0.1) is 0 Å². The van der Waals surface area contributed by atoms with Gasteiger partial charge in [0.2, 0.25) is 14.8 Å². The minimum Gasteiger partial charge on any atom is -0.389 e. The highest BCUT2D eigenvalue weighted by atomic mass is 32.2. The lowest BCUT2D eigenvalue weighted by Crippen LogP contribution is -2.43. The predicted octanol–water partition coefficient (Wildman–Crippen LogP) is 3.07. The topological polar surface area (TPSA) is 66.9 Å². The van der Waals surface area contributed by atoms with Crippen molar-refractivity contribution in [2.45, 2.75) is 69.0 Å². The monoisotopic (exact) mass is 326 g/mol. The van der Waals surface area contributed by atoms with E-state index in [9.17, 15) is 13.5 Å². The zero-order chi connectivity index (χ0) is 16.5. The van der Waals surface area contributed by atoms with Gasteiger partial charge in [-0.2, -0.15) is 0 Å². The molecule has 1 aliphatic heterocycles. The molecule has 1 aromatic carbocycles. The van der Waals surface area contributed by atoms with E-state index >= 15 is 0 Å². The molecule has 1 heterocycles. The van der Waals surface area contributed by atoms with Gasteiger partial charge in [-0.05, 0) is 31.4 Å². The average molecular weight is 326 g/mol. The highest BCUT2D eigenvalue weighted by Crippen LogP contribution is 2.51. The second-order valence-corrected chi connectivity index (χ2v) is 8.59. The van der Waals surface area contributed by atoms with Gasteiger partial charge in [-0.25, -0.2) is 8.42 Å². The van der Waals surface area contributed by atoms with Crippen LogP contribution in [0.1, 0.15) is 45.6 Å². The Hall–Kier alpha value is -0.910. The zero-order valence-corrected chi connectivity index (χ0v) is 14.6. The van der Waals surface area contributed by atoms with E-state index in [4.69, 9.17) is 4.74 Å². The third-order valence-corrected chi connectivity index (χ3v) is 6.67. The van der Waals surface area contributed by atoms with Gasteiger partial charge in [0.25, 0.3) is 0 Å². The SMILES string of the molecule is CCCC[C@@H]1O[C@@]1([C@@H](O)C(C)C)S(=O)(=O)c1ccc(C)cc1. The first-order valence-corrected chi connectivity index (χ1v) is 9.42. The number of ether oxygens (including phenoxy) is 1. The summed E-state index contributed by atoms with van der Waals surface area (Å²) in [6.07, 6.45) is 1.07. The number of unbranched alkanes of at least 4 members (excludes halogenated alkanes) is 1. The van der Waals surface area contributed by atoms with Crippen molar-refractivity contribution >= 4 is 9.84 Å². The van der Waals surface area contributed by atoms with Gasteiger partial charge >= 0.3 is 0 Å². The van der Waals surface area contributed by atoms with E-state index in [1.54, 1.807) is 24.3 Å². The van der Waals surface area contributed by atoms with Crippen LogP contribution in [-0.4, -0.2) is 30.7 Å². The van der Waals surface area contributed by atoms with Crippen LogP contribution in [0.5, 0.6) is 0 Å². The molecule has 1 saturated heterocycles. The number of aliphatic hydroxyl groups excluding tert-OH is 1. The molecule has 0 spiro atoms. The van der Waals surface area contributed by atoms with Gasteiger partial charge in [-0.1, -0.05) is 51.3 Å². The maximum absolute atomic E-state index is 13.1. The van der Waals surface area contributed by atoms with E-state index in [1.807, 2.05) is 20.8 Å². The first-order valence-electron chi connectivity index (χ1n) is 7.94. The number of hydrogen-bond donors (Lipinski definition) is 1. The summed E-state index contributed by atoms with van der Waals surface area (Å²) in [5.74, 6) is -0.188. The van der Waals surface area contributed by atoms with Gasteiger partial charge in [0.15, 0.2) is 0 Å². The maximum atomic E-state index is 13.1. The van der Waals surface area contributed by atoms with Gasteiger partial charge in [0.05, 0.1) is 4.90 Å². The summed E-state index contributed by atoms with van der Waals surface area (Å²) in [5.41, 5.74) is 0.997. The smallest absolute Gasteiger partial charge is 0.226 e. The number of benzene rings is 1. The lowest BCUT2D eigenvalue weighted by molar-refractivity contribution is 0.0742. The summed E-state index contributed by atoms with van der Waals surface area (Å²) in [5, 5.41) is 10.5. The Morgan fingerprint density at radius 1 is 1.27 bits per heavy atom. The first-order chi connectivity index (χ1) is 10.3. The van der Waals surface area contributed by atoms with Crippen molar-refractivity contribution in [2.75, 3.05) is 0 Å². The Kier molecular flexibility index (Phi) is 5.00. The quantitative estimate of drug-likeness (QED) is 0.782. The van der Waals surface area contributed by atoms with Crippen molar-refractivity contribution in [1.29, 1.82) is 0 Å². The second kappa shape index (κ2) is 6.30. The van der Waals surface area contributed by atoms with Crippen LogP contribution in [0.4, 0.5) is 0 Å². The molecule has 3 atom stereocenters. The lowest BCUT2D eigenvalue weighted by atomic mass is 10.00. The third-order valence-electron chi connectivity index (χ3n) is 4.33. The van der Waals surface area contributed by atoms with Crippen molar-refractivity contribution in [2.24, 2.45) is 5.92 Å². The molecule has 0 bridgehead atoms. The first kappa shape index (κ1) is 17.4. The Morgan fingerprint density at radius 3 is 2.36 bits per heavy atom. The summed E-state index contributed by atoms with van der Waals surface area (Å²) in [7, 11) is -3.74. The van der Waals surface area contributed by atoms with E-state index in [-0.39, 0.29) is 10.8 Å². The molecule has 124 valence electrons. The molecule has 0 amide bonds. The van der Waals surface area contributed by atoms with Crippen molar-refractivity contribution in [1.82, 2.24) is 0 Å². The summed E-state index contributed by atoms with van der Waals surface area (Å²) in [6, 6.07) is 6.73. The lowest BCUT2D eigenvalue weighted by Gasteiger charge is -2.23. The summed E-state index contributed by atoms with van der Waals surface area (Å²) < 4.78 is 31.8. The predicted molar refractivity (Wildman–Crippen MR) is 86.3 cm³/mol. The van der Waals surface area contributed by atoms with Gasteiger partial charge in [0.1, 0.15) is 12.2 Å². The fourth-order valence-corrected chi connectivity index (χ4v) is 5.02. The average Bonchev–Trinajstić information content (AvgIpc) is 3.20. The van der Waals surface area contributed by atoms with Crippen molar-refractivity contribution < 1.29 is 18.3 Å². The number of sulfone groups is 1. The van der Waals surface area contributed by atoms with Crippen LogP contribution in [0.25, 0.3) is 0 Å². The van der Waals surface area contributed by atoms with Gasteiger partial charge in [-0.3, -0.25) is 0 Å². The molecular weight excluding hydrogens is 300 g/mol. The molecule has 1 fully saturated rings. The van der Waals surface area contributed by atoms with E-state index in [0.29, 0.717) is 6.42 Å². The van der Waals surface area contributed by atoms with Crippen LogP contribution >= 0.6 is 0 Å². The molecule has 1 aliphatic rings. The zero-order valence-electron chi connectivity index (χ0n) is 13.7. The number of rotatable bonds is 7. The second-order valence-electron chi connectivity index (χ2n) is 6.48. The highest BCUT2D eigenvalue weighted by molar-refractivity contribution is 7.93. The summed E-state index contributed by atoms with van der Waals surface area (Å²) in [4.78, 5) is -1.26. The Morgan fingerprint density at radius 2 is 1.86 bits per heavy atom. The minimum atomic E-state index is -3.74. The Balaban J connectivity index is 2.40. The summed E-state index contributed by atoms with van der Waals surface area (Å²) >= 11 is 0.